The molecule has 0 radical (unpaired) electrons. The molecule has 62 valence electrons. The van der Waals surface area contributed by atoms with E-state index in [9.17, 15) is 4.79 Å². The second-order valence-electron chi connectivity index (χ2n) is 2.40. The van der Waals surface area contributed by atoms with Crippen LogP contribution in [0, 0.1) is 0 Å². The van der Waals surface area contributed by atoms with E-state index >= 15 is 0 Å². The van der Waals surface area contributed by atoms with Crippen LogP contribution in [-0.2, 0) is 14.3 Å². The van der Waals surface area contributed by atoms with Crippen LogP contribution in [0.2, 0.25) is 0 Å². The summed E-state index contributed by atoms with van der Waals surface area (Å²) in [6.07, 6.45) is 4.57. The quantitative estimate of drug-likeness (QED) is 0.445. The maximum absolute atomic E-state index is 10.9. The number of carbonyl (C=O) groups is 1. The van der Waals surface area contributed by atoms with Crippen molar-refractivity contribution in [3.8, 4) is 0 Å². The highest BCUT2D eigenvalue weighted by atomic mass is 16.6. The first-order chi connectivity index (χ1) is 5.34. The number of hydrogen-bond acceptors (Lipinski definition) is 3. The fourth-order valence-electron chi connectivity index (χ4n) is 0.949. The molecule has 0 aliphatic carbocycles. The fourth-order valence-corrected chi connectivity index (χ4v) is 0.949. The van der Waals surface area contributed by atoms with Crippen molar-refractivity contribution in [2.24, 2.45) is 0 Å². The predicted molar refractivity (Wildman–Crippen MR) is 39.9 cm³/mol. The number of rotatable bonds is 2. The Kier molecular flexibility index (Phi) is 2.95. The van der Waals surface area contributed by atoms with Gasteiger partial charge in [0.25, 0.3) is 0 Å². The number of ether oxygens (including phenoxy) is 2. The van der Waals surface area contributed by atoms with Crippen molar-refractivity contribution >= 4 is 5.97 Å². The molecule has 0 aromatic heterocycles. The van der Waals surface area contributed by atoms with Crippen molar-refractivity contribution < 1.29 is 14.3 Å². The highest BCUT2D eigenvalue weighted by Crippen LogP contribution is 2.11. The Morgan fingerprint density at radius 1 is 1.73 bits per heavy atom. The summed E-state index contributed by atoms with van der Waals surface area (Å²) in [7, 11) is 0. The summed E-state index contributed by atoms with van der Waals surface area (Å²) in [4.78, 5) is 10.9. The summed E-state index contributed by atoms with van der Waals surface area (Å²) < 4.78 is 9.88. The Morgan fingerprint density at radius 3 is 3.18 bits per heavy atom. The van der Waals surface area contributed by atoms with Crippen LogP contribution in [0.5, 0.6) is 0 Å². The lowest BCUT2D eigenvalue weighted by molar-refractivity contribution is -0.159. The molecular formula is C8H12O3. The molecule has 0 amide bonds. The summed E-state index contributed by atoms with van der Waals surface area (Å²) >= 11 is 0. The molecular weight excluding hydrogens is 144 g/mol. The minimum atomic E-state index is -0.375. The molecule has 0 aromatic carbocycles. The summed E-state index contributed by atoms with van der Waals surface area (Å²) in [5.74, 6) is -0.241. The first-order valence-corrected chi connectivity index (χ1v) is 3.78. The zero-order chi connectivity index (χ0) is 8.10. The van der Waals surface area contributed by atoms with Gasteiger partial charge in [-0.1, -0.05) is 6.08 Å². The van der Waals surface area contributed by atoms with E-state index in [4.69, 9.17) is 9.47 Å². The molecule has 1 heterocycles. The Bertz CT molecular complexity index is 163. The van der Waals surface area contributed by atoms with Crippen LogP contribution in [0.3, 0.4) is 0 Å². The van der Waals surface area contributed by atoms with Gasteiger partial charge in [-0.25, -0.2) is 4.79 Å². The van der Waals surface area contributed by atoms with Gasteiger partial charge in [-0.05, 0) is 19.8 Å². The lowest BCUT2D eigenvalue weighted by Gasteiger charge is -2.19. The lowest BCUT2D eigenvalue weighted by atomic mass is 10.2. The molecule has 1 rings (SSSR count). The smallest absolute Gasteiger partial charge is 0.347 e. The second-order valence-corrected chi connectivity index (χ2v) is 2.40. The molecule has 1 fully saturated rings. The van der Waals surface area contributed by atoms with Crippen LogP contribution >= 0.6 is 0 Å². The number of cyclic esters (lactones) is 1. The molecule has 1 aliphatic rings. The van der Waals surface area contributed by atoms with Gasteiger partial charge in [0.05, 0.1) is 12.9 Å². The third kappa shape index (κ3) is 2.26. The van der Waals surface area contributed by atoms with E-state index in [1.54, 1.807) is 6.08 Å². The highest BCUT2D eigenvalue weighted by Gasteiger charge is 2.24. The Morgan fingerprint density at radius 2 is 2.55 bits per heavy atom. The minimum Gasteiger partial charge on any atom is -0.487 e. The van der Waals surface area contributed by atoms with Crippen LogP contribution in [0.1, 0.15) is 19.8 Å². The topological polar surface area (TPSA) is 35.5 Å². The van der Waals surface area contributed by atoms with E-state index in [1.807, 2.05) is 6.92 Å². The van der Waals surface area contributed by atoms with Crippen molar-refractivity contribution in [2.45, 2.75) is 25.9 Å². The van der Waals surface area contributed by atoms with Gasteiger partial charge in [-0.15, -0.1) is 0 Å². The molecule has 0 spiro atoms. The van der Waals surface area contributed by atoms with E-state index in [0.717, 1.165) is 12.8 Å². The van der Waals surface area contributed by atoms with Crippen molar-refractivity contribution in [3.05, 3.63) is 12.3 Å². The number of esters is 1. The van der Waals surface area contributed by atoms with Crippen LogP contribution in [0.25, 0.3) is 0 Å². The van der Waals surface area contributed by atoms with Gasteiger partial charge in [0.2, 0.25) is 0 Å². The third-order valence-corrected chi connectivity index (χ3v) is 1.50. The average Bonchev–Trinajstić information content (AvgIpc) is 2.03. The van der Waals surface area contributed by atoms with Gasteiger partial charge in [-0.3, -0.25) is 0 Å². The molecule has 0 saturated carbocycles. The molecule has 3 nitrogen and oxygen atoms in total. The maximum atomic E-state index is 10.9. The Balaban J connectivity index is 2.35. The number of carbonyl (C=O) groups excluding carboxylic acids is 1. The van der Waals surface area contributed by atoms with E-state index in [2.05, 4.69) is 0 Å². The van der Waals surface area contributed by atoms with Gasteiger partial charge in [0, 0.05) is 0 Å². The SMILES string of the molecule is CC=COC1CCCOC1=O. The van der Waals surface area contributed by atoms with Gasteiger partial charge < -0.3 is 9.47 Å². The van der Waals surface area contributed by atoms with Crippen LogP contribution < -0.4 is 0 Å². The Hall–Kier alpha value is -0.990. The van der Waals surface area contributed by atoms with Crippen LogP contribution in [-0.4, -0.2) is 18.7 Å². The standard InChI is InChI=1S/C8H12O3/c1-2-5-10-7-4-3-6-11-8(7)9/h2,5,7H,3-4,6H2,1H3. The Labute approximate surface area is 66.0 Å². The summed E-state index contributed by atoms with van der Waals surface area (Å²) in [6.45, 7) is 2.38. The molecule has 1 atom stereocenters. The van der Waals surface area contributed by atoms with E-state index < -0.39 is 0 Å². The summed E-state index contributed by atoms with van der Waals surface area (Å²) in [5, 5.41) is 0. The van der Waals surface area contributed by atoms with Gasteiger partial charge >= 0.3 is 5.97 Å². The molecule has 0 bridgehead atoms. The van der Waals surface area contributed by atoms with E-state index in [0.29, 0.717) is 6.61 Å². The van der Waals surface area contributed by atoms with Gasteiger partial charge in [0.1, 0.15) is 0 Å². The number of allylic oxidation sites excluding steroid dienone is 1. The lowest BCUT2D eigenvalue weighted by Crippen LogP contribution is -2.30. The van der Waals surface area contributed by atoms with E-state index in [-0.39, 0.29) is 12.1 Å². The molecule has 1 saturated heterocycles. The predicted octanol–water partition coefficient (Wildman–Crippen LogP) is 1.24. The third-order valence-electron chi connectivity index (χ3n) is 1.50. The molecule has 1 unspecified atom stereocenters. The van der Waals surface area contributed by atoms with Crippen LogP contribution in [0.15, 0.2) is 12.3 Å². The second kappa shape index (κ2) is 4.01. The van der Waals surface area contributed by atoms with Gasteiger partial charge in [0.15, 0.2) is 6.10 Å². The molecule has 11 heavy (non-hydrogen) atoms. The molecule has 0 aromatic rings. The zero-order valence-corrected chi connectivity index (χ0v) is 6.58. The normalized spacial score (nSPS) is 25.2. The molecule has 0 N–H and O–H groups in total. The highest BCUT2D eigenvalue weighted by molar-refractivity contribution is 5.75. The van der Waals surface area contributed by atoms with Crippen LogP contribution in [0.4, 0.5) is 0 Å². The number of hydrogen-bond donors (Lipinski definition) is 0. The van der Waals surface area contributed by atoms with Gasteiger partial charge in [-0.2, -0.15) is 0 Å². The average molecular weight is 156 g/mol. The maximum Gasteiger partial charge on any atom is 0.347 e. The summed E-state index contributed by atoms with van der Waals surface area (Å²) in [6, 6.07) is 0. The summed E-state index contributed by atoms with van der Waals surface area (Å²) in [5.41, 5.74) is 0. The van der Waals surface area contributed by atoms with Crippen molar-refractivity contribution in [1.82, 2.24) is 0 Å². The first kappa shape index (κ1) is 8.11. The monoisotopic (exact) mass is 156 g/mol. The van der Waals surface area contributed by atoms with Crippen molar-refractivity contribution in [2.75, 3.05) is 6.61 Å². The molecule has 1 aliphatic heterocycles. The van der Waals surface area contributed by atoms with Crippen molar-refractivity contribution in [3.63, 3.8) is 0 Å². The first-order valence-electron chi connectivity index (χ1n) is 3.78. The largest absolute Gasteiger partial charge is 0.487 e. The van der Waals surface area contributed by atoms with Crippen molar-refractivity contribution in [1.29, 1.82) is 0 Å². The molecule has 3 heteroatoms. The zero-order valence-electron chi connectivity index (χ0n) is 6.58. The fraction of sp³-hybridized carbons (Fsp3) is 0.625. The minimum absolute atomic E-state index is 0.241. The van der Waals surface area contributed by atoms with E-state index in [1.165, 1.54) is 6.26 Å².